The first-order valence-electron chi connectivity index (χ1n) is 7.87. The van der Waals surface area contributed by atoms with Gasteiger partial charge in [0.05, 0.1) is 7.11 Å². The summed E-state index contributed by atoms with van der Waals surface area (Å²) in [4.78, 5) is 2.61. The van der Waals surface area contributed by atoms with Crippen LogP contribution < -0.4 is 10.1 Å². The van der Waals surface area contributed by atoms with Crippen LogP contribution >= 0.6 is 0 Å². The van der Waals surface area contributed by atoms with Gasteiger partial charge in [-0.15, -0.1) is 0 Å². The fourth-order valence-corrected chi connectivity index (χ4v) is 3.04. The average molecular weight is 276 g/mol. The van der Waals surface area contributed by atoms with Crippen LogP contribution in [0.2, 0.25) is 0 Å². The van der Waals surface area contributed by atoms with Gasteiger partial charge in [0.1, 0.15) is 5.75 Å². The van der Waals surface area contributed by atoms with Gasteiger partial charge in [0, 0.05) is 12.1 Å². The SMILES string of the molecule is CCCNC(c1ccc(OC)cc1)C(C)N1CCCC1. The zero-order valence-electron chi connectivity index (χ0n) is 13.1. The molecule has 1 fully saturated rings. The van der Waals surface area contributed by atoms with E-state index in [9.17, 15) is 0 Å². The molecular formula is C17H28N2O. The molecule has 0 aromatic heterocycles. The van der Waals surface area contributed by atoms with Gasteiger partial charge in [0.15, 0.2) is 0 Å². The number of rotatable bonds is 7. The highest BCUT2D eigenvalue weighted by Crippen LogP contribution is 2.25. The third kappa shape index (κ3) is 3.74. The van der Waals surface area contributed by atoms with Crippen molar-refractivity contribution < 1.29 is 4.74 Å². The van der Waals surface area contributed by atoms with E-state index in [4.69, 9.17) is 4.74 Å². The summed E-state index contributed by atoms with van der Waals surface area (Å²) in [6.07, 6.45) is 3.85. The number of ether oxygens (including phenoxy) is 1. The minimum absolute atomic E-state index is 0.402. The lowest BCUT2D eigenvalue weighted by Crippen LogP contribution is -2.41. The van der Waals surface area contributed by atoms with Crippen molar-refractivity contribution in [3.8, 4) is 5.75 Å². The second-order valence-corrected chi connectivity index (χ2v) is 5.69. The van der Waals surface area contributed by atoms with Crippen LogP contribution in [-0.2, 0) is 0 Å². The molecule has 2 rings (SSSR count). The molecule has 1 saturated heterocycles. The maximum absolute atomic E-state index is 5.26. The lowest BCUT2D eigenvalue weighted by Gasteiger charge is -2.33. The Hall–Kier alpha value is -1.06. The summed E-state index contributed by atoms with van der Waals surface area (Å²) in [7, 11) is 1.72. The van der Waals surface area contributed by atoms with Crippen LogP contribution in [-0.4, -0.2) is 37.7 Å². The van der Waals surface area contributed by atoms with Crippen molar-refractivity contribution in [1.82, 2.24) is 10.2 Å². The number of benzene rings is 1. The van der Waals surface area contributed by atoms with Gasteiger partial charge in [-0.3, -0.25) is 4.90 Å². The van der Waals surface area contributed by atoms with Crippen molar-refractivity contribution in [2.24, 2.45) is 0 Å². The fourth-order valence-electron chi connectivity index (χ4n) is 3.04. The standard InChI is InChI=1S/C17H28N2O/c1-4-11-18-17(14(2)19-12-5-6-13-19)15-7-9-16(20-3)10-8-15/h7-10,14,17-18H,4-6,11-13H2,1-3H3. The molecule has 1 aromatic carbocycles. The summed E-state index contributed by atoms with van der Waals surface area (Å²) in [6.45, 7) is 8.11. The number of likely N-dealkylation sites (tertiary alicyclic amines) is 1. The Morgan fingerprint density at radius 1 is 1.20 bits per heavy atom. The van der Waals surface area contributed by atoms with Crippen molar-refractivity contribution in [2.45, 2.75) is 45.2 Å². The van der Waals surface area contributed by atoms with E-state index in [1.807, 2.05) is 0 Å². The Bertz CT molecular complexity index is 384. The predicted molar refractivity (Wildman–Crippen MR) is 84.3 cm³/mol. The molecule has 1 aromatic rings. The normalized spacial score (nSPS) is 18.9. The molecule has 1 aliphatic rings. The molecule has 0 bridgehead atoms. The highest BCUT2D eigenvalue weighted by Gasteiger charge is 2.26. The molecule has 2 atom stereocenters. The molecule has 0 spiro atoms. The van der Waals surface area contributed by atoms with Crippen molar-refractivity contribution in [1.29, 1.82) is 0 Å². The number of hydrogen-bond donors (Lipinski definition) is 1. The fraction of sp³-hybridized carbons (Fsp3) is 0.647. The second-order valence-electron chi connectivity index (χ2n) is 5.69. The van der Waals surface area contributed by atoms with Crippen LogP contribution in [0, 0.1) is 0 Å². The summed E-state index contributed by atoms with van der Waals surface area (Å²) in [5.74, 6) is 0.928. The van der Waals surface area contributed by atoms with E-state index in [0.717, 1.165) is 12.3 Å². The quantitative estimate of drug-likeness (QED) is 0.827. The van der Waals surface area contributed by atoms with Crippen LogP contribution in [0.25, 0.3) is 0 Å². The minimum atomic E-state index is 0.402. The Balaban J connectivity index is 2.11. The average Bonchev–Trinajstić information content (AvgIpc) is 3.02. The summed E-state index contributed by atoms with van der Waals surface area (Å²) in [5, 5.41) is 3.72. The Labute approximate surface area is 123 Å². The number of nitrogens with one attached hydrogen (secondary N) is 1. The lowest BCUT2D eigenvalue weighted by atomic mass is 9.99. The predicted octanol–water partition coefficient (Wildman–Crippen LogP) is 3.22. The van der Waals surface area contributed by atoms with Crippen molar-refractivity contribution in [3.05, 3.63) is 29.8 Å². The molecule has 3 heteroatoms. The molecule has 3 nitrogen and oxygen atoms in total. The molecular weight excluding hydrogens is 248 g/mol. The molecule has 1 N–H and O–H groups in total. The zero-order valence-corrected chi connectivity index (χ0v) is 13.1. The zero-order chi connectivity index (χ0) is 14.4. The van der Waals surface area contributed by atoms with Crippen LogP contribution in [0.4, 0.5) is 0 Å². The Morgan fingerprint density at radius 3 is 2.40 bits per heavy atom. The van der Waals surface area contributed by atoms with E-state index < -0.39 is 0 Å². The van der Waals surface area contributed by atoms with Crippen molar-refractivity contribution >= 4 is 0 Å². The summed E-state index contributed by atoms with van der Waals surface area (Å²) < 4.78 is 5.26. The van der Waals surface area contributed by atoms with Crippen molar-refractivity contribution in [2.75, 3.05) is 26.7 Å². The Kier molecular flexibility index (Phi) is 5.86. The first kappa shape index (κ1) is 15.3. The molecule has 1 aliphatic heterocycles. The van der Waals surface area contributed by atoms with E-state index in [0.29, 0.717) is 12.1 Å². The number of hydrogen-bond acceptors (Lipinski definition) is 3. The summed E-state index contributed by atoms with van der Waals surface area (Å²) in [5.41, 5.74) is 1.36. The Morgan fingerprint density at radius 2 is 1.85 bits per heavy atom. The van der Waals surface area contributed by atoms with Gasteiger partial charge in [-0.25, -0.2) is 0 Å². The minimum Gasteiger partial charge on any atom is -0.497 e. The van der Waals surface area contributed by atoms with E-state index in [-0.39, 0.29) is 0 Å². The van der Waals surface area contributed by atoms with Crippen LogP contribution in [0.15, 0.2) is 24.3 Å². The van der Waals surface area contributed by atoms with Gasteiger partial charge in [0.25, 0.3) is 0 Å². The summed E-state index contributed by atoms with van der Waals surface area (Å²) >= 11 is 0. The first-order valence-corrected chi connectivity index (χ1v) is 7.87. The van der Waals surface area contributed by atoms with E-state index in [1.165, 1.54) is 37.9 Å². The van der Waals surface area contributed by atoms with Crippen molar-refractivity contribution in [3.63, 3.8) is 0 Å². The van der Waals surface area contributed by atoms with Gasteiger partial charge in [0.2, 0.25) is 0 Å². The molecule has 20 heavy (non-hydrogen) atoms. The maximum Gasteiger partial charge on any atom is 0.118 e. The van der Waals surface area contributed by atoms with Gasteiger partial charge in [-0.2, -0.15) is 0 Å². The molecule has 112 valence electrons. The molecule has 2 unspecified atom stereocenters. The van der Waals surface area contributed by atoms with Crippen LogP contribution in [0.1, 0.15) is 44.7 Å². The maximum atomic E-state index is 5.26. The molecule has 0 saturated carbocycles. The first-order chi connectivity index (χ1) is 9.76. The van der Waals surface area contributed by atoms with Gasteiger partial charge >= 0.3 is 0 Å². The lowest BCUT2D eigenvalue weighted by molar-refractivity contribution is 0.206. The van der Waals surface area contributed by atoms with Gasteiger partial charge in [-0.05, 0) is 63.5 Å². The third-order valence-corrected chi connectivity index (χ3v) is 4.29. The highest BCUT2D eigenvalue weighted by atomic mass is 16.5. The second kappa shape index (κ2) is 7.65. The third-order valence-electron chi connectivity index (χ3n) is 4.29. The van der Waals surface area contributed by atoms with E-state index >= 15 is 0 Å². The monoisotopic (exact) mass is 276 g/mol. The number of nitrogens with zero attached hydrogens (tertiary/aromatic N) is 1. The molecule has 0 aliphatic carbocycles. The highest BCUT2D eigenvalue weighted by molar-refractivity contribution is 5.30. The molecule has 0 radical (unpaired) electrons. The van der Waals surface area contributed by atoms with Gasteiger partial charge in [-0.1, -0.05) is 19.1 Å². The van der Waals surface area contributed by atoms with Gasteiger partial charge < -0.3 is 10.1 Å². The molecule has 1 heterocycles. The van der Waals surface area contributed by atoms with E-state index in [2.05, 4.69) is 48.3 Å². The van der Waals surface area contributed by atoms with E-state index in [1.54, 1.807) is 7.11 Å². The topological polar surface area (TPSA) is 24.5 Å². The smallest absolute Gasteiger partial charge is 0.118 e. The summed E-state index contributed by atoms with van der Waals surface area (Å²) in [6, 6.07) is 9.45. The van der Waals surface area contributed by atoms with Crippen LogP contribution in [0.3, 0.4) is 0 Å². The van der Waals surface area contributed by atoms with Crippen LogP contribution in [0.5, 0.6) is 5.75 Å². The molecule has 0 amide bonds. The largest absolute Gasteiger partial charge is 0.497 e. The number of methoxy groups -OCH3 is 1.